The van der Waals surface area contributed by atoms with Crippen LogP contribution in [0.5, 0.6) is 5.75 Å². The molecular formula is C16H16F2N2O2. The fraction of sp³-hybridized carbons (Fsp3) is 0.375. The van der Waals surface area contributed by atoms with E-state index >= 15 is 0 Å². The number of nitrogens with zero attached hydrogens (tertiary/aromatic N) is 1. The Morgan fingerprint density at radius 1 is 1.41 bits per heavy atom. The molecule has 4 nitrogen and oxygen atoms in total. The number of fused-ring (bicyclic) bond motifs is 1. The Labute approximate surface area is 127 Å². The monoisotopic (exact) mass is 306 g/mol. The first kappa shape index (κ1) is 16.0. The molecule has 0 fully saturated rings. The van der Waals surface area contributed by atoms with Crippen LogP contribution in [0, 0.1) is 18.3 Å². The number of nitrogens with one attached hydrogen (secondary N) is 1. The fourth-order valence-corrected chi connectivity index (χ4v) is 2.21. The number of carbonyl (C=O) groups excluding carboxylic acids is 1. The summed E-state index contributed by atoms with van der Waals surface area (Å²) in [6.45, 7) is -0.137. The second-order valence-electron chi connectivity index (χ2n) is 5.16. The summed E-state index contributed by atoms with van der Waals surface area (Å²) in [6.07, 6.45) is 1.35. The van der Waals surface area contributed by atoms with Crippen LogP contribution in [0.1, 0.15) is 17.5 Å². The molecule has 22 heavy (non-hydrogen) atoms. The highest BCUT2D eigenvalue weighted by Crippen LogP contribution is 2.37. The molecule has 0 saturated carbocycles. The van der Waals surface area contributed by atoms with E-state index in [-0.39, 0.29) is 24.3 Å². The average Bonchev–Trinajstić information content (AvgIpc) is 2.54. The quantitative estimate of drug-likeness (QED) is 0.850. The van der Waals surface area contributed by atoms with Gasteiger partial charge in [0.2, 0.25) is 0 Å². The lowest BCUT2D eigenvalue weighted by Crippen LogP contribution is -2.42. The molecule has 1 N–H and O–H groups in total. The molecule has 0 radical (unpaired) electrons. The molecular weight excluding hydrogens is 290 g/mol. The van der Waals surface area contributed by atoms with E-state index in [4.69, 9.17) is 10.00 Å². The largest absolute Gasteiger partial charge is 0.477 e. The minimum Gasteiger partial charge on any atom is -0.477 e. The zero-order chi connectivity index (χ0) is 16.2. The van der Waals surface area contributed by atoms with Crippen molar-refractivity contribution >= 4 is 11.5 Å². The van der Waals surface area contributed by atoms with Gasteiger partial charge in [-0.3, -0.25) is 4.79 Å². The highest BCUT2D eigenvalue weighted by atomic mass is 19.1. The van der Waals surface area contributed by atoms with E-state index in [0.717, 1.165) is 5.56 Å². The molecule has 116 valence electrons. The fourth-order valence-electron chi connectivity index (χ4n) is 2.21. The molecule has 1 heterocycles. The lowest BCUT2D eigenvalue weighted by molar-refractivity contribution is -0.115. The molecule has 0 aromatic heterocycles. The Bertz CT molecular complexity index is 646. The number of amides is 1. The van der Waals surface area contributed by atoms with Gasteiger partial charge in [-0.05, 0) is 25.1 Å². The number of nitriles is 1. The molecule has 1 aromatic rings. The van der Waals surface area contributed by atoms with Crippen molar-refractivity contribution in [2.45, 2.75) is 18.9 Å². The SMILES string of the molecule is Cc1ccc2c(c1)C(C(=O)NCCC#N)=CC(CF)(CF)O2. The molecule has 0 unspecified atom stereocenters. The lowest BCUT2D eigenvalue weighted by Gasteiger charge is -2.32. The van der Waals surface area contributed by atoms with Gasteiger partial charge in [0.25, 0.3) is 5.91 Å². The number of aryl methyl sites for hydroxylation is 1. The Hall–Kier alpha value is -2.42. The maximum atomic E-state index is 13.3. The molecule has 1 aliphatic heterocycles. The number of benzene rings is 1. The van der Waals surface area contributed by atoms with Gasteiger partial charge in [0.1, 0.15) is 19.1 Å². The molecule has 2 rings (SSSR count). The summed E-state index contributed by atoms with van der Waals surface area (Å²) in [5, 5.41) is 11.1. The molecule has 1 aliphatic rings. The van der Waals surface area contributed by atoms with E-state index in [1.165, 1.54) is 6.08 Å². The van der Waals surface area contributed by atoms with Gasteiger partial charge < -0.3 is 10.1 Å². The molecule has 0 saturated heterocycles. The Morgan fingerprint density at radius 2 is 2.14 bits per heavy atom. The van der Waals surface area contributed by atoms with Crippen molar-refractivity contribution in [3.8, 4) is 11.8 Å². The van der Waals surface area contributed by atoms with E-state index in [2.05, 4.69) is 5.32 Å². The van der Waals surface area contributed by atoms with Crippen LogP contribution in [-0.2, 0) is 4.79 Å². The summed E-state index contributed by atoms with van der Waals surface area (Å²) < 4.78 is 32.0. The van der Waals surface area contributed by atoms with Crippen LogP contribution in [-0.4, -0.2) is 31.4 Å². The molecule has 1 aromatic carbocycles. The van der Waals surface area contributed by atoms with Crippen LogP contribution in [0.2, 0.25) is 0 Å². The lowest BCUT2D eigenvalue weighted by atomic mass is 9.92. The number of carbonyl (C=O) groups is 1. The van der Waals surface area contributed by atoms with Crippen LogP contribution in [0.3, 0.4) is 0 Å². The molecule has 1 amide bonds. The van der Waals surface area contributed by atoms with Gasteiger partial charge in [0.15, 0.2) is 5.60 Å². The van der Waals surface area contributed by atoms with Crippen LogP contribution in [0.25, 0.3) is 5.57 Å². The van der Waals surface area contributed by atoms with Crippen molar-refractivity contribution in [3.63, 3.8) is 0 Å². The normalized spacial score (nSPS) is 15.1. The molecule has 0 atom stereocenters. The van der Waals surface area contributed by atoms with Gasteiger partial charge in [-0.1, -0.05) is 11.6 Å². The molecule has 0 aliphatic carbocycles. The molecule has 6 heteroatoms. The predicted molar refractivity (Wildman–Crippen MR) is 77.7 cm³/mol. The van der Waals surface area contributed by atoms with Gasteiger partial charge in [-0.2, -0.15) is 5.26 Å². The zero-order valence-corrected chi connectivity index (χ0v) is 12.2. The van der Waals surface area contributed by atoms with E-state index in [1.54, 1.807) is 18.2 Å². The van der Waals surface area contributed by atoms with Gasteiger partial charge in [-0.25, -0.2) is 8.78 Å². The predicted octanol–water partition coefficient (Wildman–Crippen LogP) is 2.48. The molecule has 0 bridgehead atoms. The number of rotatable bonds is 5. The summed E-state index contributed by atoms with van der Waals surface area (Å²) in [6, 6.07) is 6.99. The van der Waals surface area contributed by atoms with Crippen molar-refractivity contribution in [2.24, 2.45) is 0 Å². The summed E-state index contributed by atoms with van der Waals surface area (Å²) >= 11 is 0. The maximum absolute atomic E-state index is 13.3. The summed E-state index contributed by atoms with van der Waals surface area (Å²) in [7, 11) is 0. The van der Waals surface area contributed by atoms with Crippen molar-refractivity contribution < 1.29 is 18.3 Å². The minimum atomic E-state index is -1.77. The Kier molecular flexibility index (Phi) is 4.76. The second kappa shape index (κ2) is 6.56. The van der Waals surface area contributed by atoms with Crippen molar-refractivity contribution in [3.05, 3.63) is 35.4 Å². The van der Waals surface area contributed by atoms with Gasteiger partial charge in [0, 0.05) is 12.1 Å². The van der Waals surface area contributed by atoms with Crippen molar-refractivity contribution in [2.75, 3.05) is 19.9 Å². The standard InChI is InChI=1S/C16H16F2N2O2/c1-11-3-4-14-12(7-11)13(15(21)20-6-2-5-19)8-16(9-17,10-18)22-14/h3-4,7-8H,2,6,9-10H2,1H3,(H,20,21). The van der Waals surface area contributed by atoms with Crippen molar-refractivity contribution in [1.29, 1.82) is 5.26 Å². The number of hydrogen-bond donors (Lipinski definition) is 1. The zero-order valence-electron chi connectivity index (χ0n) is 12.2. The first-order chi connectivity index (χ1) is 10.5. The third kappa shape index (κ3) is 3.08. The highest BCUT2D eigenvalue weighted by molar-refractivity contribution is 6.20. The third-order valence-electron chi connectivity index (χ3n) is 3.37. The Morgan fingerprint density at radius 3 is 2.77 bits per heavy atom. The van der Waals surface area contributed by atoms with Gasteiger partial charge in [0.05, 0.1) is 18.1 Å². The van der Waals surface area contributed by atoms with Gasteiger partial charge in [-0.15, -0.1) is 0 Å². The Balaban J connectivity index is 2.42. The summed E-state index contributed by atoms with van der Waals surface area (Å²) in [5.41, 5.74) is -0.222. The third-order valence-corrected chi connectivity index (χ3v) is 3.37. The maximum Gasteiger partial charge on any atom is 0.251 e. The van der Waals surface area contributed by atoms with Crippen LogP contribution in [0.4, 0.5) is 8.78 Å². The number of alkyl halides is 2. The van der Waals surface area contributed by atoms with Gasteiger partial charge >= 0.3 is 0 Å². The van der Waals surface area contributed by atoms with E-state index in [1.807, 2.05) is 13.0 Å². The smallest absolute Gasteiger partial charge is 0.251 e. The average molecular weight is 306 g/mol. The minimum absolute atomic E-state index is 0.160. The van der Waals surface area contributed by atoms with Crippen LogP contribution >= 0.6 is 0 Å². The number of halogens is 2. The van der Waals surface area contributed by atoms with Crippen LogP contribution < -0.4 is 10.1 Å². The second-order valence-corrected chi connectivity index (χ2v) is 5.16. The van der Waals surface area contributed by atoms with E-state index < -0.39 is 24.9 Å². The number of ether oxygens (including phenoxy) is 1. The van der Waals surface area contributed by atoms with Crippen LogP contribution in [0.15, 0.2) is 24.3 Å². The topological polar surface area (TPSA) is 62.1 Å². The van der Waals surface area contributed by atoms with E-state index in [0.29, 0.717) is 5.56 Å². The summed E-state index contributed by atoms with van der Waals surface area (Å²) in [5.74, 6) is -0.203. The van der Waals surface area contributed by atoms with E-state index in [9.17, 15) is 13.6 Å². The first-order valence-electron chi connectivity index (χ1n) is 6.85. The summed E-state index contributed by atoms with van der Waals surface area (Å²) in [4.78, 5) is 12.3. The highest BCUT2D eigenvalue weighted by Gasteiger charge is 2.37. The first-order valence-corrected chi connectivity index (χ1v) is 6.85. The van der Waals surface area contributed by atoms with Crippen molar-refractivity contribution in [1.82, 2.24) is 5.32 Å². The molecule has 0 spiro atoms. The number of hydrogen-bond acceptors (Lipinski definition) is 3.